The predicted octanol–water partition coefficient (Wildman–Crippen LogP) is 5.08. The van der Waals surface area contributed by atoms with Crippen molar-refractivity contribution < 1.29 is 9.59 Å². The van der Waals surface area contributed by atoms with Crippen LogP contribution in [0.15, 0.2) is 65.7 Å². The van der Waals surface area contributed by atoms with Crippen LogP contribution in [0.5, 0.6) is 0 Å². The van der Waals surface area contributed by atoms with Gasteiger partial charge in [-0.15, -0.1) is 11.3 Å². The number of thiophene rings is 1. The average molecular weight is 391 g/mol. The minimum Gasteiger partial charge on any atom is -0.321 e. The molecule has 0 spiro atoms. The van der Waals surface area contributed by atoms with Crippen molar-refractivity contribution in [3.63, 3.8) is 0 Å². The Kier molecular flexibility index (Phi) is 6.06. The van der Waals surface area contributed by atoms with Gasteiger partial charge in [0.05, 0.1) is 0 Å². The molecular weight excluding hydrogens is 368 g/mol. The first kappa shape index (κ1) is 19.6. The fraction of sp³-hybridized carbons (Fsp3) is 0.130. The maximum Gasteiger partial charge on any atom is 0.272 e. The maximum atomic E-state index is 12.9. The summed E-state index contributed by atoms with van der Waals surface area (Å²) in [4.78, 5) is 26.5. The van der Waals surface area contributed by atoms with Gasteiger partial charge in [-0.3, -0.25) is 9.59 Å². The topological polar surface area (TPSA) is 58.2 Å². The summed E-state index contributed by atoms with van der Waals surface area (Å²) >= 11 is 1.50. The number of anilines is 1. The Labute approximate surface area is 168 Å². The fourth-order valence-electron chi connectivity index (χ4n) is 2.94. The zero-order valence-corrected chi connectivity index (χ0v) is 16.9. The lowest BCUT2D eigenvalue weighted by Crippen LogP contribution is -2.31. The number of amides is 2. The standard InChI is InChI=1S/C23H22N2O2S/c1-15-11-16(2)13-18(12-15)24-23(27)21(14-19-8-6-10-28-19)25-22(26)20-9-5-4-7-17(20)3/h4-14H,1-3H3,(H,24,27)(H,25,26)/b21-14-. The molecule has 0 atom stereocenters. The lowest BCUT2D eigenvalue weighted by atomic mass is 10.1. The first-order valence-corrected chi connectivity index (χ1v) is 9.82. The summed E-state index contributed by atoms with van der Waals surface area (Å²) in [6.45, 7) is 5.82. The molecule has 142 valence electrons. The molecule has 0 bridgehead atoms. The van der Waals surface area contributed by atoms with Gasteiger partial charge in [-0.1, -0.05) is 30.3 Å². The fourth-order valence-corrected chi connectivity index (χ4v) is 3.59. The smallest absolute Gasteiger partial charge is 0.272 e. The van der Waals surface area contributed by atoms with Crippen molar-refractivity contribution >= 4 is 34.9 Å². The predicted molar refractivity (Wildman–Crippen MR) is 115 cm³/mol. The van der Waals surface area contributed by atoms with Crippen LogP contribution < -0.4 is 10.6 Å². The highest BCUT2D eigenvalue weighted by Crippen LogP contribution is 2.17. The monoisotopic (exact) mass is 390 g/mol. The second-order valence-electron chi connectivity index (χ2n) is 6.67. The first-order chi connectivity index (χ1) is 13.4. The van der Waals surface area contributed by atoms with E-state index in [4.69, 9.17) is 0 Å². The first-order valence-electron chi connectivity index (χ1n) is 8.94. The summed E-state index contributed by atoms with van der Waals surface area (Å²) in [6, 6.07) is 16.9. The Balaban J connectivity index is 1.88. The van der Waals surface area contributed by atoms with E-state index in [2.05, 4.69) is 10.6 Å². The zero-order chi connectivity index (χ0) is 20.1. The molecule has 28 heavy (non-hydrogen) atoms. The molecule has 1 aromatic heterocycles. The van der Waals surface area contributed by atoms with Crippen LogP contribution in [0.4, 0.5) is 5.69 Å². The van der Waals surface area contributed by atoms with Gasteiger partial charge < -0.3 is 10.6 Å². The lowest BCUT2D eigenvalue weighted by molar-refractivity contribution is -0.113. The van der Waals surface area contributed by atoms with E-state index in [-0.39, 0.29) is 17.5 Å². The summed E-state index contributed by atoms with van der Waals surface area (Å²) in [6.07, 6.45) is 1.69. The second-order valence-corrected chi connectivity index (χ2v) is 7.65. The van der Waals surface area contributed by atoms with Crippen LogP contribution in [-0.4, -0.2) is 11.8 Å². The van der Waals surface area contributed by atoms with E-state index in [0.29, 0.717) is 11.3 Å². The molecule has 0 aliphatic heterocycles. The van der Waals surface area contributed by atoms with Crippen LogP contribution in [0.3, 0.4) is 0 Å². The minimum absolute atomic E-state index is 0.204. The molecule has 0 radical (unpaired) electrons. The Morgan fingerprint density at radius 1 is 0.929 bits per heavy atom. The quantitative estimate of drug-likeness (QED) is 0.597. The molecular formula is C23H22N2O2S. The summed E-state index contributed by atoms with van der Waals surface area (Å²) in [5.41, 5.74) is 4.41. The number of hydrogen-bond acceptors (Lipinski definition) is 3. The SMILES string of the molecule is Cc1cc(C)cc(NC(=O)/C(=C/c2cccs2)NC(=O)c2ccccc2C)c1. The largest absolute Gasteiger partial charge is 0.321 e. The van der Waals surface area contributed by atoms with Crippen molar-refractivity contribution in [1.29, 1.82) is 0 Å². The molecule has 0 unspecified atom stereocenters. The third-order valence-electron chi connectivity index (χ3n) is 4.19. The molecule has 3 rings (SSSR count). The van der Waals surface area contributed by atoms with E-state index in [0.717, 1.165) is 21.6 Å². The van der Waals surface area contributed by atoms with Gasteiger partial charge in [-0.25, -0.2) is 0 Å². The number of carbonyl (C=O) groups excluding carboxylic acids is 2. The van der Waals surface area contributed by atoms with Gasteiger partial charge in [0.1, 0.15) is 5.70 Å². The Bertz CT molecular complexity index is 1020. The number of carbonyl (C=O) groups is 2. The van der Waals surface area contributed by atoms with E-state index in [1.54, 1.807) is 18.2 Å². The van der Waals surface area contributed by atoms with Crippen LogP contribution in [0.1, 0.15) is 31.9 Å². The molecule has 2 amide bonds. The summed E-state index contributed by atoms with van der Waals surface area (Å²) in [5, 5.41) is 7.59. The van der Waals surface area contributed by atoms with Gasteiger partial charge in [0.25, 0.3) is 11.8 Å². The van der Waals surface area contributed by atoms with E-state index in [1.165, 1.54) is 11.3 Å². The summed E-state index contributed by atoms with van der Waals surface area (Å²) < 4.78 is 0. The van der Waals surface area contributed by atoms with Crippen molar-refractivity contribution in [2.45, 2.75) is 20.8 Å². The molecule has 2 N–H and O–H groups in total. The van der Waals surface area contributed by atoms with Gasteiger partial charge in [0, 0.05) is 16.1 Å². The number of nitrogens with one attached hydrogen (secondary N) is 2. The Morgan fingerprint density at radius 2 is 1.64 bits per heavy atom. The van der Waals surface area contributed by atoms with Gasteiger partial charge >= 0.3 is 0 Å². The molecule has 0 aliphatic rings. The van der Waals surface area contributed by atoms with Crippen molar-refractivity contribution in [1.82, 2.24) is 5.32 Å². The van der Waals surface area contributed by atoms with E-state index in [1.807, 2.05) is 68.6 Å². The average Bonchev–Trinajstić information content (AvgIpc) is 3.13. The number of hydrogen-bond donors (Lipinski definition) is 2. The van der Waals surface area contributed by atoms with Crippen molar-refractivity contribution in [2.75, 3.05) is 5.32 Å². The normalized spacial score (nSPS) is 11.2. The number of aryl methyl sites for hydroxylation is 3. The number of benzene rings is 2. The van der Waals surface area contributed by atoms with Crippen molar-refractivity contribution in [2.24, 2.45) is 0 Å². The molecule has 4 nitrogen and oxygen atoms in total. The second kappa shape index (κ2) is 8.67. The summed E-state index contributed by atoms with van der Waals surface area (Å²) in [7, 11) is 0. The molecule has 1 heterocycles. The van der Waals surface area contributed by atoms with Gasteiger partial charge in [0.2, 0.25) is 0 Å². The third-order valence-corrected chi connectivity index (χ3v) is 5.01. The van der Waals surface area contributed by atoms with Gasteiger partial charge in [0.15, 0.2) is 0 Å². The lowest BCUT2D eigenvalue weighted by Gasteiger charge is -2.13. The molecule has 0 saturated carbocycles. The minimum atomic E-state index is -0.361. The molecule has 5 heteroatoms. The molecule has 2 aromatic carbocycles. The van der Waals surface area contributed by atoms with Crippen molar-refractivity contribution in [3.05, 3.63) is 92.8 Å². The van der Waals surface area contributed by atoms with Gasteiger partial charge in [-0.05, 0) is 73.2 Å². The Hall–Kier alpha value is -3.18. The van der Waals surface area contributed by atoms with Crippen LogP contribution in [0, 0.1) is 20.8 Å². The van der Waals surface area contributed by atoms with E-state index in [9.17, 15) is 9.59 Å². The molecule has 3 aromatic rings. The van der Waals surface area contributed by atoms with Crippen LogP contribution >= 0.6 is 11.3 Å². The zero-order valence-electron chi connectivity index (χ0n) is 16.1. The van der Waals surface area contributed by atoms with Gasteiger partial charge in [-0.2, -0.15) is 0 Å². The van der Waals surface area contributed by atoms with Crippen LogP contribution in [0.25, 0.3) is 6.08 Å². The molecule has 0 fully saturated rings. The van der Waals surface area contributed by atoms with E-state index >= 15 is 0 Å². The highest BCUT2D eigenvalue weighted by Gasteiger charge is 2.16. The number of rotatable bonds is 5. The van der Waals surface area contributed by atoms with Crippen LogP contribution in [-0.2, 0) is 4.79 Å². The van der Waals surface area contributed by atoms with Crippen LogP contribution in [0.2, 0.25) is 0 Å². The Morgan fingerprint density at radius 3 is 2.29 bits per heavy atom. The third kappa shape index (κ3) is 4.96. The maximum absolute atomic E-state index is 12.9. The highest BCUT2D eigenvalue weighted by atomic mass is 32.1. The molecule has 0 aliphatic carbocycles. The van der Waals surface area contributed by atoms with E-state index < -0.39 is 0 Å². The molecule has 0 saturated heterocycles. The summed E-state index contributed by atoms with van der Waals surface area (Å²) in [5.74, 6) is -0.670. The highest BCUT2D eigenvalue weighted by molar-refractivity contribution is 7.10. The van der Waals surface area contributed by atoms with Crippen molar-refractivity contribution in [3.8, 4) is 0 Å².